The van der Waals surface area contributed by atoms with Crippen molar-refractivity contribution in [3.63, 3.8) is 0 Å². The fourth-order valence-electron chi connectivity index (χ4n) is 1.21. The number of halogens is 1. The molecule has 0 aliphatic rings. The summed E-state index contributed by atoms with van der Waals surface area (Å²) in [6.07, 6.45) is -0.540. The second-order valence-corrected chi connectivity index (χ2v) is 5.60. The van der Waals surface area contributed by atoms with Crippen LogP contribution in [0.5, 0.6) is 5.75 Å². The maximum absolute atomic E-state index is 11.5. The number of aryl methyl sites for hydroxylation is 1. The van der Waals surface area contributed by atoms with E-state index in [2.05, 4.69) is 21.2 Å². The molecule has 0 heterocycles. The molecular weight excluding hydrogens is 286 g/mol. The Labute approximate surface area is 109 Å². The van der Waals surface area contributed by atoms with E-state index in [0.29, 0.717) is 10.2 Å². The van der Waals surface area contributed by atoms with Crippen molar-refractivity contribution in [1.29, 1.82) is 0 Å². The van der Waals surface area contributed by atoms with Gasteiger partial charge in [-0.25, -0.2) is 4.79 Å². The van der Waals surface area contributed by atoms with Crippen LogP contribution in [0.1, 0.15) is 26.3 Å². The lowest BCUT2D eigenvalue weighted by Crippen LogP contribution is -2.27. The highest BCUT2D eigenvalue weighted by atomic mass is 79.9. The third kappa shape index (κ3) is 4.26. The fraction of sp³-hybridized carbons (Fsp3) is 0.417. The van der Waals surface area contributed by atoms with Crippen molar-refractivity contribution >= 4 is 27.7 Å². The Morgan fingerprint density at radius 3 is 2.53 bits per heavy atom. The molecule has 1 amide bonds. The summed E-state index contributed by atoms with van der Waals surface area (Å²) >= 11 is 3.20. The van der Waals surface area contributed by atoms with E-state index in [1.54, 1.807) is 26.8 Å². The number of hydrogen-bond donors (Lipinski definition) is 2. The summed E-state index contributed by atoms with van der Waals surface area (Å²) in [5.41, 5.74) is 0.815. The summed E-state index contributed by atoms with van der Waals surface area (Å²) in [5.74, 6) is 0.0710. The van der Waals surface area contributed by atoms with Gasteiger partial charge in [-0.2, -0.15) is 0 Å². The number of hydrogen-bond acceptors (Lipinski definition) is 3. The van der Waals surface area contributed by atoms with Gasteiger partial charge in [0.05, 0.1) is 10.2 Å². The van der Waals surface area contributed by atoms with Crippen LogP contribution in [0.2, 0.25) is 0 Å². The molecular formula is C12H16BrNO3. The number of amides is 1. The van der Waals surface area contributed by atoms with Crippen LogP contribution < -0.4 is 5.32 Å². The third-order valence-corrected chi connectivity index (χ3v) is 2.56. The Morgan fingerprint density at radius 1 is 1.41 bits per heavy atom. The third-order valence-electron chi connectivity index (χ3n) is 1.93. The normalized spacial score (nSPS) is 11.1. The standard InChI is InChI=1S/C12H16BrNO3/c1-7-5-8(13)10(15)6-9(7)14-11(16)17-12(2,3)4/h5-6,15H,1-4H3,(H,14,16). The zero-order valence-corrected chi connectivity index (χ0v) is 11.9. The fourth-order valence-corrected chi connectivity index (χ4v) is 1.67. The molecule has 0 unspecified atom stereocenters. The number of benzene rings is 1. The summed E-state index contributed by atoms with van der Waals surface area (Å²) < 4.78 is 5.71. The van der Waals surface area contributed by atoms with Gasteiger partial charge in [-0.3, -0.25) is 5.32 Å². The van der Waals surface area contributed by atoms with Crippen molar-refractivity contribution in [1.82, 2.24) is 0 Å². The second kappa shape index (κ2) is 4.96. The van der Waals surface area contributed by atoms with Crippen molar-refractivity contribution < 1.29 is 14.6 Å². The van der Waals surface area contributed by atoms with Crippen LogP contribution in [0.4, 0.5) is 10.5 Å². The maximum Gasteiger partial charge on any atom is 0.412 e. The SMILES string of the molecule is Cc1cc(Br)c(O)cc1NC(=O)OC(C)(C)C. The second-order valence-electron chi connectivity index (χ2n) is 4.75. The molecule has 1 aromatic rings. The molecule has 0 atom stereocenters. The lowest BCUT2D eigenvalue weighted by atomic mass is 10.2. The molecule has 0 spiro atoms. The lowest BCUT2D eigenvalue weighted by molar-refractivity contribution is 0.0636. The van der Waals surface area contributed by atoms with Crippen molar-refractivity contribution in [2.24, 2.45) is 0 Å². The molecule has 1 aromatic carbocycles. The molecule has 0 saturated carbocycles. The number of nitrogens with one attached hydrogen (secondary N) is 1. The van der Waals surface area contributed by atoms with Gasteiger partial charge in [0.2, 0.25) is 0 Å². The first-order chi connectivity index (χ1) is 7.69. The number of ether oxygens (including phenoxy) is 1. The van der Waals surface area contributed by atoms with Crippen LogP contribution >= 0.6 is 15.9 Å². The van der Waals surface area contributed by atoms with Crippen LogP contribution in [0, 0.1) is 6.92 Å². The summed E-state index contributed by atoms with van der Waals surface area (Å²) in [6, 6.07) is 3.20. The monoisotopic (exact) mass is 301 g/mol. The molecule has 5 heteroatoms. The van der Waals surface area contributed by atoms with Gasteiger partial charge in [0.25, 0.3) is 0 Å². The predicted molar refractivity (Wildman–Crippen MR) is 70.4 cm³/mol. The number of anilines is 1. The van der Waals surface area contributed by atoms with Gasteiger partial charge >= 0.3 is 6.09 Å². The van der Waals surface area contributed by atoms with E-state index >= 15 is 0 Å². The van der Waals surface area contributed by atoms with Crippen molar-refractivity contribution in [3.8, 4) is 5.75 Å². The summed E-state index contributed by atoms with van der Waals surface area (Å²) in [6.45, 7) is 7.20. The Bertz CT molecular complexity index is 438. The van der Waals surface area contributed by atoms with Gasteiger partial charge in [-0.1, -0.05) is 0 Å². The topological polar surface area (TPSA) is 58.6 Å². The highest BCUT2D eigenvalue weighted by Gasteiger charge is 2.17. The molecule has 0 fully saturated rings. The molecule has 4 nitrogen and oxygen atoms in total. The number of aromatic hydroxyl groups is 1. The molecule has 0 saturated heterocycles. The van der Waals surface area contributed by atoms with Gasteiger partial charge < -0.3 is 9.84 Å². The Balaban J connectivity index is 2.82. The summed E-state index contributed by atoms with van der Waals surface area (Å²) in [5, 5.41) is 12.1. The number of rotatable bonds is 1. The van der Waals surface area contributed by atoms with E-state index in [-0.39, 0.29) is 5.75 Å². The van der Waals surface area contributed by atoms with Gasteiger partial charge in [-0.15, -0.1) is 0 Å². The largest absolute Gasteiger partial charge is 0.507 e. The van der Waals surface area contributed by atoms with Crippen LogP contribution in [-0.4, -0.2) is 16.8 Å². The minimum Gasteiger partial charge on any atom is -0.507 e. The average Bonchev–Trinajstić information content (AvgIpc) is 2.11. The molecule has 2 N–H and O–H groups in total. The van der Waals surface area contributed by atoms with Crippen molar-refractivity contribution in [2.45, 2.75) is 33.3 Å². The lowest BCUT2D eigenvalue weighted by Gasteiger charge is -2.20. The minimum atomic E-state index is -0.546. The van der Waals surface area contributed by atoms with E-state index in [9.17, 15) is 9.90 Å². The molecule has 0 aliphatic heterocycles. The molecule has 0 aliphatic carbocycles. The van der Waals surface area contributed by atoms with E-state index in [4.69, 9.17) is 4.74 Å². The number of phenolic OH excluding ortho intramolecular Hbond substituents is 1. The Hall–Kier alpha value is -1.23. The maximum atomic E-state index is 11.5. The molecule has 17 heavy (non-hydrogen) atoms. The Kier molecular flexibility index (Phi) is 4.03. The van der Waals surface area contributed by atoms with E-state index < -0.39 is 11.7 Å². The van der Waals surface area contributed by atoms with Gasteiger partial charge in [-0.05, 0) is 55.3 Å². The molecule has 0 aromatic heterocycles. The molecule has 94 valence electrons. The number of carbonyl (C=O) groups excluding carboxylic acids is 1. The van der Waals surface area contributed by atoms with Crippen LogP contribution in [0.25, 0.3) is 0 Å². The van der Waals surface area contributed by atoms with Crippen molar-refractivity contribution in [2.75, 3.05) is 5.32 Å². The average molecular weight is 302 g/mol. The summed E-state index contributed by atoms with van der Waals surface area (Å²) in [4.78, 5) is 11.5. The van der Waals surface area contributed by atoms with Gasteiger partial charge in [0, 0.05) is 6.07 Å². The van der Waals surface area contributed by atoms with Crippen LogP contribution in [0.3, 0.4) is 0 Å². The van der Waals surface area contributed by atoms with E-state index in [1.165, 1.54) is 6.07 Å². The number of phenols is 1. The van der Waals surface area contributed by atoms with E-state index in [0.717, 1.165) is 5.56 Å². The van der Waals surface area contributed by atoms with Crippen molar-refractivity contribution in [3.05, 3.63) is 22.2 Å². The van der Waals surface area contributed by atoms with Gasteiger partial charge in [0.1, 0.15) is 11.4 Å². The zero-order valence-electron chi connectivity index (χ0n) is 10.3. The Morgan fingerprint density at radius 2 is 2.00 bits per heavy atom. The molecule has 1 rings (SSSR count). The number of carbonyl (C=O) groups is 1. The van der Waals surface area contributed by atoms with Gasteiger partial charge in [0.15, 0.2) is 0 Å². The predicted octanol–water partition coefficient (Wildman–Crippen LogP) is 3.81. The molecule has 0 bridgehead atoms. The molecule has 0 radical (unpaired) electrons. The highest BCUT2D eigenvalue weighted by Crippen LogP contribution is 2.30. The summed E-state index contributed by atoms with van der Waals surface area (Å²) in [7, 11) is 0. The first-order valence-electron chi connectivity index (χ1n) is 5.18. The first-order valence-corrected chi connectivity index (χ1v) is 5.97. The van der Waals surface area contributed by atoms with E-state index in [1.807, 2.05) is 6.92 Å². The van der Waals surface area contributed by atoms with Crippen LogP contribution in [0.15, 0.2) is 16.6 Å². The smallest absolute Gasteiger partial charge is 0.412 e. The minimum absolute atomic E-state index is 0.0710. The highest BCUT2D eigenvalue weighted by molar-refractivity contribution is 9.10. The quantitative estimate of drug-likeness (QED) is 0.829. The van der Waals surface area contributed by atoms with Crippen LogP contribution in [-0.2, 0) is 4.74 Å². The first kappa shape index (κ1) is 13.8. The zero-order chi connectivity index (χ0) is 13.2.